The number of benzene rings is 2. The van der Waals surface area contributed by atoms with E-state index in [1.807, 2.05) is 37.3 Å². The zero-order valence-electron chi connectivity index (χ0n) is 17.7. The van der Waals surface area contributed by atoms with Gasteiger partial charge >= 0.3 is 11.8 Å². The van der Waals surface area contributed by atoms with E-state index in [1.165, 1.54) is 5.69 Å². The summed E-state index contributed by atoms with van der Waals surface area (Å²) < 4.78 is 5.21. The van der Waals surface area contributed by atoms with Gasteiger partial charge in [-0.15, -0.1) is 0 Å². The van der Waals surface area contributed by atoms with E-state index in [4.69, 9.17) is 4.74 Å². The molecule has 7 nitrogen and oxygen atoms in total. The Morgan fingerprint density at radius 3 is 2.33 bits per heavy atom. The predicted molar refractivity (Wildman–Crippen MR) is 119 cm³/mol. The molecule has 2 aromatic rings. The van der Waals surface area contributed by atoms with Crippen LogP contribution in [0, 0.1) is 6.92 Å². The van der Waals surface area contributed by atoms with Crippen LogP contribution in [-0.4, -0.2) is 63.1 Å². The van der Waals surface area contributed by atoms with Gasteiger partial charge in [0, 0.05) is 44.1 Å². The van der Waals surface area contributed by atoms with Crippen molar-refractivity contribution in [3.05, 3.63) is 54.1 Å². The first-order valence-corrected chi connectivity index (χ1v) is 10.3. The largest absolute Gasteiger partial charge is 0.497 e. The number of nitrogens with one attached hydrogen (secondary N) is 2. The summed E-state index contributed by atoms with van der Waals surface area (Å²) in [6.07, 6.45) is 0.811. The van der Waals surface area contributed by atoms with E-state index in [0.29, 0.717) is 12.2 Å². The second-order valence-corrected chi connectivity index (χ2v) is 7.41. The summed E-state index contributed by atoms with van der Waals surface area (Å²) in [4.78, 5) is 28.8. The van der Waals surface area contributed by atoms with E-state index in [1.54, 1.807) is 13.2 Å². The number of aryl methyl sites for hydroxylation is 1. The Hall–Kier alpha value is -3.06. The average Bonchev–Trinajstić information content (AvgIpc) is 2.78. The lowest BCUT2D eigenvalue weighted by atomic mass is 10.2. The van der Waals surface area contributed by atoms with Crippen molar-refractivity contribution in [2.24, 2.45) is 0 Å². The number of carbonyl (C=O) groups is 2. The molecule has 0 bridgehead atoms. The Bertz CT molecular complexity index is 846. The van der Waals surface area contributed by atoms with Gasteiger partial charge in [-0.1, -0.05) is 18.2 Å². The maximum atomic E-state index is 12.0. The number of ether oxygens (including phenoxy) is 1. The topological polar surface area (TPSA) is 73.9 Å². The van der Waals surface area contributed by atoms with Gasteiger partial charge in [0.25, 0.3) is 0 Å². The highest BCUT2D eigenvalue weighted by Crippen LogP contribution is 2.20. The van der Waals surface area contributed by atoms with E-state index in [0.717, 1.165) is 50.5 Å². The normalized spacial score (nSPS) is 14.3. The van der Waals surface area contributed by atoms with Crippen LogP contribution < -0.4 is 20.3 Å². The van der Waals surface area contributed by atoms with Crippen LogP contribution in [0.3, 0.4) is 0 Å². The highest BCUT2D eigenvalue weighted by Gasteiger charge is 2.18. The van der Waals surface area contributed by atoms with Gasteiger partial charge in [0.15, 0.2) is 0 Å². The molecule has 2 amide bonds. The van der Waals surface area contributed by atoms with E-state index in [-0.39, 0.29) is 0 Å². The lowest BCUT2D eigenvalue weighted by Gasteiger charge is -2.36. The maximum Gasteiger partial charge on any atom is 0.313 e. The average molecular weight is 411 g/mol. The molecular formula is C23H30N4O3. The van der Waals surface area contributed by atoms with Gasteiger partial charge in [-0.05, 0) is 55.8 Å². The number of anilines is 2. The highest BCUT2D eigenvalue weighted by atomic mass is 16.5. The number of carbonyl (C=O) groups excluding carboxylic acids is 2. The summed E-state index contributed by atoms with van der Waals surface area (Å²) in [5, 5.41) is 5.36. The van der Waals surface area contributed by atoms with Gasteiger partial charge in [-0.25, -0.2) is 0 Å². The van der Waals surface area contributed by atoms with Gasteiger partial charge < -0.3 is 20.3 Å². The molecule has 0 aliphatic carbocycles. The van der Waals surface area contributed by atoms with Gasteiger partial charge in [-0.2, -0.15) is 0 Å². The summed E-state index contributed by atoms with van der Waals surface area (Å²) in [5.74, 6) is -0.355. The molecular weight excluding hydrogens is 380 g/mol. The molecule has 1 aliphatic heterocycles. The number of piperazine rings is 1. The molecule has 1 fully saturated rings. The second-order valence-electron chi connectivity index (χ2n) is 7.41. The van der Waals surface area contributed by atoms with Gasteiger partial charge in [0.2, 0.25) is 0 Å². The first-order valence-electron chi connectivity index (χ1n) is 10.3. The van der Waals surface area contributed by atoms with Crippen LogP contribution in [0.2, 0.25) is 0 Å². The first kappa shape index (κ1) is 21.6. The molecule has 1 aliphatic rings. The zero-order valence-corrected chi connectivity index (χ0v) is 17.7. The number of para-hydroxylation sites is 1. The van der Waals surface area contributed by atoms with Crippen LogP contribution in [0.1, 0.15) is 12.0 Å². The van der Waals surface area contributed by atoms with Crippen molar-refractivity contribution in [3.8, 4) is 5.75 Å². The zero-order chi connectivity index (χ0) is 21.3. The van der Waals surface area contributed by atoms with Crippen LogP contribution in [0.15, 0.2) is 48.5 Å². The third-order valence-electron chi connectivity index (χ3n) is 5.35. The second kappa shape index (κ2) is 10.6. The molecule has 7 heteroatoms. The van der Waals surface area contributed by atoms with Crippen molar-refractivity contribution in [1.82, 2.24) is 10.2 Å². The Morgan fingerprint density at radius 2 is 1.67 bits per heavy atom. The van der Waals surface area contributed by atoms with Crippen LogP contribution in [0.5, 0.6) is 5.75 Å². The summed E-state index contributed by atoms with van der Waals surface area (Å²) in [6.45, 7) is 7.17. The lowest BCUT2D eigenvalue weighted by molar-refractivity contribution is -0.136. The van der Waals surface area contributed by atoms with Crippen molar-refractivity contribution in [2.75, 3.05) is 56.6 Å². The summed E-state index contributed by atoms with van der Waals surface area (Å²) in [7, 11) is 1.67. The molecule has 30 heavy (non-hydrogen) atoms. The van der Waals surface area contributed by atoms with Crippen molar-refractivity contribution in [3.63, 3.8) is 0 Å². The molecule has 0 aromatic heterocycles. The summed E-state index contributed by atoms with van der Waals surface area (Å²) in [6, 6.07) is 15.5. The fourth-order valence-electron chi connectivity index (χ4n) is 3.50. The molecule has 0 spiro atoms. The Kier molecular flexibility index (Phi) is 7.68. The molecule has 0 unspecified atom stereocenters. The molecule has 3 rings (SSSR count). The van der Waals surface area contributed by atoms with Crippen molar-refractivity contribution in [1.29, 1.82) is 0 Å². The van der Waals surface area contributed by atoms with Crippen molar-refractivity contribution >= 4 is 23.2 Å². The SMILES string of the molecule is COc1ccc(N2CCN(CCCNC(=O)C(=O)Nc3ccccc3C)CC2)cc1. The molecule has 1 saturated heterocycles. The fraction of sp³-hybridized carbons (Fsp3) is 0.391. The number of hydrogen-bond acceptors (Lipinski definition) is 5. The van der Waals surface area contributed by atoms with E-state index in [9.17, 15) is 9.59 Å². The minimum atomic E-state index is -0.627. The van der Waals surface area contributed by atoms with E-state index in [2.05, 4.69) is 32.6 Å². The molecule has 0 saturated carbocycles. The first-order chi connectivity index (χ1) is 14.6. The number of rotatable bonds is 7. The van der Waals surface area contributed by atoms with Crippen LogP contribution in [-0.2, 0) is 9.59 Å². The lowest BCUT2D eigenvalue weighted by Crippen LogP contribution is -2.47. The fourth-order valence-corrected chi connectivity index (χ4v) is 3.50. The number of nitrogens with zero attached hydrogens (tertiary/aromatic N) is 2. The molecule has 1 heterocycles. The number of methoxy groups -OCH3 is 1. The molecule has 160 valence electrons. The van der Waals surface area contributed by atoms with E-state index < -0.39 is 11.8 Å². The quantitative estimate of drug-likeness (QED) is 0.541. The number of amides is 2. The van der Waals surface area contributed by atoms with Crippen molar-refractivity contribution in [2.45, 2.75) is 13.3 Å². The highest BCUT2D eigenvalue weighted by molar-refractivity contribution is 6.39. The molecule has 0 atom stereocenters. The predicted octanol–water partition coefficient (Wildman–Crippen LogP) is 2.27. The maximum absolute atomic E-state index is 12.0. The summed E-state index contributed by atoms with van der Waals surface area (Å²) >= 11 is 0. The molecule has 0 radical (unpaired) electrons. The third kappa shape index (κ3) is 5.97. The standard InChI is InChI=1S/C23H30N4O3/c1-18-6-3-4-7-21(18)25-23(29)22(28)24-12-5-13-26-14-16-27(17-15-26)19-8-10-20(30-2)11-9-19/h3-4,6-11H,5,12-17H2,1-2H3,(H,24,28)(H,25,29). The summed E-state index contributed by atoms with van der Waals surface area (Å²) in [5.41, 5.74) is 2.79. The number of hydrogen-bond donors (Lipinski definition) is 2. The van der Waals surface area contributed by atoms with Gasteiger partial charge in [0.05, 0.1) is 7.11 Å². The van der Waals surface area contributed by atoms with Crippen LogP contribution >= 0.6 is 0 Å². The minimum Gasteiger partial charge on any atom is -0.497 e. The van der Waals surface area contributed by atoms with Gasteiger partial charge in [0.1, 0.15) is 5.75 Å². The van der Waals surface area contributed by atoms with Crippen LogP contribution in [0.4, 0.5) is 11.4 Å². The monoisotopic (exact) mass is 410 g/mol. The van der Waals surface area contributed by atoms with Crippen LogP contribution in [0.25, 0.3) is 0 Å². The molecule has 2 aromatic carbocycles. The Morgan fingerprint density at radius 1 is 0.967 bits per heavy atom. The third-order valence-corrected chi connectivity index (χ3v) is 5.35. The molecule has 2 N–H and O–H groups in total. The van der Waals surface area contributed by atoms with E-state index >= 15 is 0 Å². The smallest absolute Gasteiger partial charge is 0.313 e. The minimum absolute atomic E-state index is 0.485. The van der Waals surface area contributed by atoms with Crippen molar-refractivity contribution < 1.29 is 14.3 Å². The van der Waals surface area contributed by atoms with Gasteiger partial charge in [-0.3, -0.25) is 14.5 Å². The Balaban J connectivity index is 1.32. The Labute approximate surface area is 178 Å².